The first-order valence-electron chi connectivity index (χ1n) is 4.38. The molecule has 0 atom stereocenters. The first kappa shape index (κ1) is 11.9. The fourth-order valence-electron chi connectivity index (χ4n) is 1.18. The predicted octanol–water partition coefficient (Wildman–Crippen LogP) is 0.314. The zero-order chi connectivity index (χ0) is 11.6. The van der Waals surface area contributed by atoms with Crippen LogP contribution in [0, 0.1) is 0 Å². The Morgan fingerprint density at radius 1 is 1.40 bits per heavy atom. The number of hydrogen-bond acceptors (Lipinski definition) is 6. The maximum atomic E-state index is 9.61. The van der Waals surface area contributed by atoms with E-state index in [1.54, 1.807) is 25.8 Å². The number of nitrogens with two attached hydrogens (primary N) is 1. The number of aliphatic hydroxyl groups is 1. The van der Waals surface area contributed by atoms with E-state index in [9.17, 15) is 5.11 Å². The molecule has 0 aliphatic rings. The zero-order valence-electron chi connectivity index (χ0n) is 8.90. The highest BCUT2D eigenvalue weighted by molar-refractivity contribution is 6.28. The average molecular weight is 232 g/mol. The van der Waals surface area contributed by atoms with E-state index in [2.05, 4.69) is 15.0 Å². The molecule has 1 heterocycles. The van der Waals surface area contributed by atoms with Gasteiger partial charge in [-0.2, -0.15) is 15.0 Å². The van der Waals surface area contributed by atoms with Crippen molar-refractivity contribution in [3.05, 3.63) is 5.28 Å². The summed E-state index contributed by atoms with van der Waals surface area (Å²) in [6, 6.07) is 0. The lowest BCUT2D eigenvalue weighted by Gasteiger charge is -2.25. The van der Waals surface area contributed by atoms with Crippen LogP contribution in [-0.4, -0.2) is 39.3 Å². The molecule has 0 bridgehead atoms. The van der Waals surface area contributed by atoms with Gasteiger partial charge in [0.2, 0.25) is 17.2 Å². The van der Waals surface area contributed by atoms with Gasteiger partial charge in [0, 0.05) is 13.6 Å². The van der Waals surface area contributed by atoms with Crippen LogP contribution in [0.5, 0.6) is 0 Å². The van der Waals surface area contributed by atoms with Gasteiger partial charge in [-0.05, 0) is 25.4 Å². The maximum Gasteiger partial charge on any atom is 0.231 e. The number of hydrogen-bond donors (Lipinski definition) is 2. The molecule has 84 valence electrons. The fourth-order valence-corrected chi connectivity index (χ4v) is 1.34. The minimum Gasteiger partial charge on any atom is -0.389 e. The number of nitrogen functional groups attached to an aromatic ring is 1. The van der Waals surface area contributed by atoms with Gasteiger partial charge in [0.15, 0.2) is 0 Å². The molecule has 0 saturated heterocycles. The van der Waals surface area contributed by atoms with Gasteiger partial charge in [0.05, 0.1) is 5.60 Å². The van der Waals surface area contributed by atoms with E-state index < -0.39 is 5.60 Å². The van der Waals surface area contributed by atoms with Gasteiger partial charge in [-0.25, -0.2) is 0 Å². The highest BCUT2D eigenvalue weighted by atomic mass is 35.5. The molecular weight excluding hydrogens is 218 g/mol. The molecule has 0 aliphatic heterocycles. The molecule has 0 unspecified atom stereocenters. The van der Waals surface area contributed by atoms with Gasteiger partial charge in [-0.3, -0.25) is 0 Å². The van der Waals surface area contributed by atoms with Crippen LogP contribution in [-0.2, 0) is 0 Å². The Morgan fingerprint density at radius 3 is 2.47 bits per heavy atom. The second-order valence-corrected chi connectivity index (χ2v) is 4.27. The van der Waals surface area contributed by atoms with Crippen molar-refractivity contribution in [3.63, 3.8) is 0 Å². The van der Waals surface area contributed by atoms with E-state index >= 15 is 0 Å². The summed E-state index contributed by atoms with van der Waals surface area (Å²) in [5.74, 6) is 0.405. The van der Waals surface area contributed by atoms with Crippen molar-refractivity contribution in [2.75, 3.05) is 24.2 Å². The lowest BCUT2D eigenvalue weighted by Crippen LogP contribution is -2.37. The van der Waals surface area contributed by atoms with Gasteiger partial charge < -0.3 is 15.7 Å². The summed E-state index contributed by atoms with van der Waals surface area (Å²) in [5, 5.41) is 9.65. The fraction of sp³-hybridized carbons (Fsp3) is 0.625. The summed E-state index contributed by atoms with van der Waals surface area (Å²) in [6.45, 7) is 3.75. The van der Waals surface area contributed by atoms with Crippen molar-refractivity contribution < 1.29 is 5.11 Å². The number of anilines is 2. The van der Waals surface area contributed by atoms with Crippen molar-refractivity contribution >= 4 is 23.5 Å². The minimum absolute atomic E-state index is 0.0418. The molecule has 1 aromatic rings. The molecule has 7 heteroatoms. The molecule has 3 N–H and O–H groups in total. The number of rotatable bonds is 3. The summed E-state index contributed by atoms with van der Waals surface area (Å²) in [4.78, 5) is 13.1. The van der Waals surface area contributed by atoms with Crippen LogP contribution in [0.25, 0.3) is 0 Å². The molecule has 0 aromatic carbocycles. The Kier molecular flexibility index (Phi) is 3.31. The maximum absolute atomic E-state index is 9.61. The van der Waals surface area contributed by atoms with Crippen LogP contribution in [0.15, 0.2) is 0 Å². The van der Waals surface area contributed by atoms with Gasteiger partial charge >= 0.3 is 0 Å². The molecule has 0 radical (unpaired) electrons. The standard InChI is InChI=1S/C8H14ClN5O/c1-8(2,15)4-14(3)7-12-5(9)11-6(10)13-7/h15H,4H2,1-3H3,(H2,10,11,12,13). The Balaban J connectivity index is 2.86. The van der Waals surface area contributed by atoms with Crippen molar-refractivity contribution in [1.29, 1.82) is 0 Å². The largest absolute Gasteiger partial charge is 0.389 e. The van der Waals surface area contributed by atoms with Crippen molar-refractivity contribution in [2.45, 2.75) is 19.4 Å². The Hall–Kier alpha value is -1.14. The summed E-state index contributed by atoms with van der Waals surface area (Å²) < 4.78 is 0. The van der Waals surface area contributed by atoms with E-state index in [0.717, 1.165) is 0 Å². The van der Waals surface area contributed by atoms with E-state index in [1.165, 1.54) is 0 Å². The quantitative estimate of drug-likeness (QED) is 0.779. The Labute approximate surface area is 93.1 Å². The van der Waals surface area contributed by atoms with E-state index in [-0.39, 0.29) is 11.2 Å². The van der Waals surface area contributed by atoms with E-state index in [4.69, 9.17) is 17.3 Å². The lowest BCUT2D eigenvalue weighted by molar-refractivity contribution is 0.0883. The second-order valence-electron chi connectivity index (χ2n) is 3.93. The number of halogens is 1. The molecule has 0 aliphatic carbocycles. The van der Waals surface area contributed by atoms with Crippen molar-refractivity contribution in [2.24, 2.45) is 0 Å². The van der Waals surface area contributed by atoms with E-state index in [0.29, 0.717) is 12.5 Å². The number of likely N-dealkylation sites (N-methyl/N-ethyl adjacent to an activating group) is 1. The third kappa shape index (κ3) is 3.85. The zero-order valence-corrected chi connectivity index (χ0v) is 9.65. The molecule has 0 fully saturated rings. The first-order valence-corrected chi connectivity index (χ1v) is 4.76. The molecular formula is C8H14ClN5O. The van der Waals surface area contributed by atoms with Crippen molar-refractivity contribution in [1.82, 2.24) is 15.0 Å². The third-order valence-corrected chi connectivity index (χ3v) is 1.75. The van der Waals surface area contributed by atoms with Gasteiger partial charge in [-0.1, -0.05) is 0 Å². The van der Waals surface area contributed by atoms with Crippen LogP contribution in [0.4, 0.5) is 11.9 Å². The predicted molar refractivity (Wildman–Crippen MR) is 58.8 cm³/mol. The van der Waals surface area contributed by atoms with Crippen LogP contribution in [0.1, 0.15) is 13.8 Å². The van der Waals surface area contributed by atoms with Gasteiger partial charge in [0.1, 0.15) is 0 Å². The summed E-state index contributed by atoms with van der Waals surface area (Å²) >= 11 is 5.63. The molecule has 1 aromatic heterocycles. The molecule has 0 saturated carbocycles. The number of nitrogens with zero attached hydrogens (tertiary/aromatic N) is 4. The van der Waals surface area contributed by atoms with Gasteiger partial charge in [-0.15, -0.1) is 0 Å². The molecule has 6 nitrogen and oxygen atoms in total. The molecule has 1 rings (SSSR count). The summed E-state index contributed by atoms with van der Waals surface area (Å²) in [5.41, 5.74) is 4.58. The average Bonchev–Trinajstić information content (AvgIpc) is 1.98. The topological polar surface area (TPSA) is 88.2 Å². The summed E-state index contributed by atoms with van der Waals surface area (Å²) in [6.07, 6.45) is 0. The normalized spacial score (nSPS) is 11.5. The summed E-state index contributed by atoms with van der Waals surface area (Å²) in [7, 11) is 1.74. The number of aromatic nitrogens is 3. The van der Waals surface area contributed by atoms with E-state index in [1.807, 2.05) is 0 Å². The van der Waals surface area contributed by atoms with Gasteiger partial charge in [0.25, 0.3) is 0 Å². The van der Waals surface area contributed by atoms with Crippen LogP contribution in [0.3, 0.4) is 0 Å². The Morgan fingerprint density at radius 2 is 2.00 bits per heavy atom. The van der Waals surface area contributed by atoms with Crippen LogP contribution >= 0.6 is 11.6 Å². The van der Waals surface area contributed by atoms with Crippen LogP contribution < -0.4 is 10.6 Å². The molecule has 0 spiro atoms. The van der Waals surface area contributed by atoms with Crippen LogP contribution in [0.2, 0.25) is 5.28 Å². The Bertz CT molecular complexity index is 331. The SMILES string of the molecule is CN(CC(C)(C)O)c1nc(N)nc(Cl)n1. The molecule has 0 amide bonds. The van der Waals surface area contributed by atoms with Crippen molar-refractivity contribution in [3.8, 4) is 0 Å². The monoisotopic (exact) mass is 231 g/mol. The third-order valence-electron chi connectivity index (χ3n) is 1.58. The smallest absolute Gasteiger partial charge is 0.231 e. The highest BCUT2D eigenvalue weighted by Crippen LogP contribution is 2.13. The minimum atomic E-state index is -0.845. The molecule has 15 heavy (non-hydrogen) atoms. The first-order chi connectivity index (χ1) is 6.78. The second kappa shape index (κ2) is 4.16. The highest BCUT2D eigenvalue weighted by Gasteiger charge is 2.18. The lowest BCUT2D eigenvalue weighted by atomic mass is 10.1.